The highest BCUT2D eigenvalue weighted by Crippen LogP contribution is 2.40. The van der Waals surface area contributed by atoms with E-state index in [1.165, 1.54) is 16.7 Å². The van der Waals surface area contributed by atoms with E-state index in [-0.39, 0.29) is 16.2 Å². The van der Waals surface area contributed by atoms with E-state index in [2.05, 4.69) is 199 Å². The van der Waals surface area contributed by atoms with E-state index >= 15 is 0 Å². The molecule has 8 bridgehead atoms. The lowest BCUT2D eigenvalue weighted by Gasteiger charge is -2.19. The van der Waals surface area contributed by atoms with Crippen LogP contribution in [0.4, 0.5) is 0 Å². The average Bonchev–Trinajstić information content (AvgIpc) is 4.23. The van der Waals surface area contributed by atoms with Crippen LogP contribution >= 0.6 is 0 Å². The molecule has 0 unspecified atom stereocenters. The van der Waals surface area contributed by atoms with Crippen LogP contribution < -0.4 is 4.74 Å². The first kappa shape index (κ1) is 46.9. The molecule has 0 saturated carbocycles. The number of H-pyrrole nitrogens is 2. The molecule has 2 N–H and O–H groups in total. The third kappa shape index (κ3) is 9.12. The number of esters is 1. The normalized spacial score (nSPS) is 12.7. The van der Waals surface area contributed by atoms with Gasteiger partial charge in [-0.25, -0.2) is 14.8 Å². The van der Waals surface area contributed by atoms with E-state index < -0.39 is 5.97 Å². The fraction of sp³-hybridized carbons (Fsp3) is 0.182. The summed E-state index contributed by atoms with van der Waals surface area (Å²) in [6, 6.07) is 52.3. The molecule has 360 valence electrons. The Morgan fingerprint density at radius 3 is 1.11 bits per heavy atom. The summed E-state index contributed by atoms with van der Waals surface area (Å²) in [5.74, 6) is -0.0533. The standard InChI is InChI=1S/C66H59N5O2/c1-64(2,3)46-25-19-41(20-26-46)59-51-33-31-49(68-51)58(40-15-17-45(18-16-40)63(72)73-57-14-10-12-44-13-11-39-67-62(44)57)50-32-34-52(69-50)60(42-21-27-47(28-22-42)65(4,5)6)54-36-38-56(71-54)61(55-37-35-53(59)70-55)43-23-29-48(30-24-43)66(7,8)9/h10-39,68,71H,1-9H3. The number of carbonyl (C=O) groups is 1. The molecular formula is C66H59N5O2. The minimum atomic E-state index is -0.466. The third-order valence-electron chi connectivity index (χ3n) is 14.1. The summed E-state index contributed by atoms with van der Waals surface area (Å²) in [5, 5.41) is 0.896. The summed E-state index contributed by atoms with van der Waals surface area (Å²) in [6.07, 6.45) is 10.2. The van der Waals surface area contributed by atoms with Crippen molar-refractivity contribution in [1.29, 1.82) is 0 Å². The Bertz CT molecular complexity index is 3790. The van der Waals surface area contributed by atoms with Gasteiger partial charge in [0, 0.05) is 55.9 Å². The van der Waals surface area contributed by atoms with E-state index in [1.54, 1.807) is 12.3 Å². The zero-order valence-electron chi connectivity index (χ0n) is 43.0. The van der Waals surface area contributed by atoms with E-state index in [0.717, 1.165) is 94.7 Å². The lowest BCUT2D eigenvalue weighted by Crippen LogP contribution is -2.10. The van der Waals surface area contributed by atoms with E-state index in [4.69, 9.17) is 14.7 Å². The molecule has 0 amide bonds. The smallest absolute Gasteiger partial charge is 0.343 e. The summed E-state index contributed by atoms with van der Waals surface area (Å²) in [7, 11) is 0. The molecule has 2 aliphatic heterocycles. The molecule has 0 saturated heterocycles. The predicted octanol–water partition coefficient (Wildman–Crippen LogP) is 17.0. The molecule has 4 aromatic heterocycles. The van der Waals surface area contributed by atoms with Crippen molar-refractivity contribution in [2.24, 2.45) is 0 Å². The lowest BCUT2D eigenvalue weighted by atomic mass is 9.86. The van der Waals surface area contributed by atoms with Crippen LogP contribution in [0.1, 0.15) is 112 Å². The van der Waals surface area contributed by atoms with Crippen molar-refractivity contribution < 1.29 is 9.53 Å². The Morgan fingerprint density at radius 2 is 0.753 bits per heavy atom. The summed E-state index contributed by atoms with van der Waals surface area (Å²) < 4.78 is 5.97. The first-order chi connectivity index (χ1) is 35.0. The molecule has 5 aromatic carbocycles. The molecule has 0 aliphatic carbocycles. The largest absolute Gasteiger partial charge is 0.421 e. The van der Waals surface area contributed by atoms with Crippen LogP contribution in [0, 0.1) is 0 Å². The van der Waals surface area contributed by atoms with Crippen molar-refractivity contribution in [3.63, 3.8) is 0 Å². The number of aromatic amines is 2. The van der Waals surface area contributed by atoms with Gasteiger partial charge in [0.25, 0.3) is 0 Å². The zero-order valence-corrected chi connectivity index (χ0v) is 43.0. The van der Waals surface area contributed by atoms with Gasteiger partial charge in [0.05, 0.1) is 28.3 Å². The summed E-state index contributed by atoms with van der Waals surface area (Å²) >= 11 is 0. The van der Waals surface area contributed by atoms with Crippen molar-refractivity contribution in [2.75, 3.05) is 0 Å². The monoisotopic (exact) mass is 953 g/mol. The quantitative estimate of drug-likeness (QED) is 0.128. The highest BCUT2D eigenvalue weighted by molar-refractivity contribution is 6.01. The minimum Gasteiger partial charge on any atom is -0.421 e. The summed E-state index contributed by atoms with van der Waals surface area (Å²) in [5.41, 5.74) is 19.6. The maximum Gasteiger partial charge on any atom is 0.343 e. The number of ether oxygens (including phenoxy) is 1. The fourth-order valence-corrected chi connectivity index (χ4v) is 9.92. The first-order valence-corrected chi connectivity index (χ1v) is 25.1. The molecule has 7 heteroatoms. The molecule has 2 aliphatic rings. The van der Waals surface area contributed by atoms with Crippen molar-refractivity contribution in [2.45, 2.75) is 78.6 Å². The minimum absolute atomic E-state index is 0.000471. The molecule has 0 radical (unpaired) electrons. The van der Waals surface area contributed by atoms with Gasteiger partial charge in [-0.1, -0.05) is 165 Å². The van der Waals surface area contributed by atoms with Crippen LogP contribution in [-0.4, -0.2) is 30.9 Å². The van der Waals surface area contributed by atoms with Gasteiger partial charge in [-0.05, 0) is 128 Å². The lowest BCUT2D eigenvalue weighted by molar-refractivity contribution is 0.0736. The molecular weight excluding hydrogens is 895 g/mol. The number of para-hydroxylation sites is 1. The molecule has 0 fully saturated rings. The summed E-state index contributed by atoms with van der Waals surface area (Å²) in [6.45, 7) is 20.2. The third-order valence-corrected chi connectivity index (χ3v) is 14.1. The molecule has 0 spiro atoms. The Morgan fingerprint density at radius 1 is 0.411 bits per heavy atom. The maximum atomic E-state index is 13.8. The summed E-state index contributed by atoms with van der Waals surface area (Å²) in [4.78, 5) is 37.1. The number of benzene rings is 5. The SMILES string of the molecule is CC(C)(C)c1ccc(-c2c3nc(c(-c4ccc(C(C)(C)C)cc4)c4ccc([nH]4)c(-c4ccc(C(C)(C)C)cc4)c4nc(c(-c5ccc(C(=O)Oc6cccc7cccnc67)cc5)c5ccc2[nH]5)C=C4)C=C3)cc1. The highest BCUT2D eigenvalue weighted by Gasteiger charge is 2.22. The van der Waals surface area contributed by atoms with E-state index in [0.29, 0.717) is 16.8 Å². The van der Waals surface area contributed by atoms with Gasteiger partial charge in [-0.2, -0.15) is 0 Å². The van der Waals surface area contributed by atoms with Gasteiger partial charge in [-0.15, -0.1) is 0 Å². The first-order valence-electron chi connectivity index (χ1n) is 25.1. The second-order valence-electron chi connectivity index (χ2n) is 22.3. The van der Waals surface area contributed by atoms with Crippen molar-refractivity contribution in [3.8, 4) is 50.3 Å². The topological polar surface area (TPSA) is 96.6 Å². The fourth-order valence-electron chi connectivity index (χ4n) is 9.92. The van der Waals surface area contributed by atoms with Gasteiger partial charge in [0.1, 0.15) is 5.52 Å². The highest BCUT2D eigenvalue weighted by atomic mass is 16.5. The van der Waals surface area contributed by atoms with Crippen molar-refractivity contribution in [3.05, 3.63) is 203 Å². The average molecular weight is 954 g/mol. The number of aromatic nitrogens is 5. The van der Waals surface area contributed by atoms with Gasteiger partial charge in [0.15, 0.2) is 5.75 Å². The van der Waals surface area contributed by atoms with Gasteiger partial charge < -0.3 is 14.7 Å². The number of hydrogen-bond acceptors (Lipinski definition) is 5. The number of hydrogen-bond donors (Lipinski definition) is 2. The number of carbonyl (C=O) groups excluding carboxylic acids is 1. The van der Waals surface area contributed by atoms with Crippen LogP contribution in [0.25, 0.3) is 102 Å². The molecule has 6 heterocycles. The van der Waals surface area contributed by atoms with E-state index in [1.807, 2.05) is 48.5 Å². The van der Waals surface area contributed by atoms with Crippen LogP contribution in [0.2, 0.25) is 0 Å². The van der Waals surface area contributed by atoms with Crippen molar-refractivity contribution >= 4 is 63.2 Å². The number of nitrogens with zero attached hydrogens (tertiary/aromatic N) is 3. The van der Waals surface area contributed by atoms with Gasteiger partial charge in [-0.3, -0.25) is 4.98 Å². The van der Waals surface area contributed by atoms with Crippen LogP contribution in [0.3, 0.4) is 0 Å². The molecule has 7 nitrogen and oxygen atoms in total. The molecule has 0 atom stereocenters. The Balaban J connectivity index is 1.17. The molecule has 11 rings (SSSR count). The Hall–Kier alpha value is -8.42. The Kier molecular flexibility index (Phi) is 11.6. The second kappa shape index (κ2) is 18.0. The second-order valence-corrected chi connectivity index (χ2v) is 22.3. The van der Waals surface area contributed by atoms with E-state index in [9.17, 15) is 4.79 Å². The predicted molar refractivity (Wildman–Crippen MR) is 303 cm³/mol. The molecule has 73 heavy (non-hydrogen) atoms. The molecule has 9 aromatic rings. The number of pyridine rings is 1. The van der Waals surface area contributed by atoms with Crippen LogP contribution in [-0.2, 0) is 16.2 Å². The zero-order chi connectivity index (χ0) is 50.8. The maximum absolute atomic E-state index is 13.8. The number of fused-ring (bicyclic) bond motifs is 9. The van der Waals surface area contributed by atoms with Crippen molar-refractivity contribution in [1.82, 2.24) is 24.9 Å². The number of rotatable bonds is 6. The van der Waals surface area contributed by atoms with Crippen LogP contribution in [0.5, 0.6) is 5.75 Å². The van der Waals surface area contributed by atoms with Gasteiger partial charge >= 0.3 is 5.97 Å². The van der Waals surface area contributed by atoms with Crippen LogP contribution in [0.15, 0.2) is 158 Å². The Labute approximate surface area is 427 Å². The number of nitrogens with one attached hydrogen (secondary N) is 2. The van der Waals surface area contributed by atoms with Gasteiger partial charge in [0.2, 0.25) is 0 Å².